The fourth-order valence-electron chi connectivity index (χ4n) is 2.24. The van der Waals surface area contributed by atoms with Gasteiger partial charge in [-0.25, -0.2) is 9.59 Å². The smallest absolute Gasteiger partial charge is 0.411 e. The van der Waals surface area contributed by atoms with Crippen molar-refractivity contribution in [1.82, 2.24) is 5.32 Å². The lowest BCUT2D eigenvalue weighted by atomic mass is 10.1. The van der Waals surface area contributed by atoms with Gasteiger partial charge in [0.25, 0.3) is 0 Å². The van der Waals surface area contributed by atoms with Crippen LogP contribution in [-0.4, -0.2) is 32.9 Å². The summed E-state index contributed by atoms with van der Waals surface area (Å²) >= 11 is 0. The zero-order valence-corrected chi connectivity index (χ0v) is 14.2. The van der Waals surface area contributed by atoms with Crippen molar-refractivity contribution in [2.24, 2.45) is 0 Å². The van der Waals surface area contributed by atoms with E-state index in [1.165, 1.54) is 7.11 Å². The van der Waals surface area contributed by atoms with E-state index < -0.39 is 6.09 Å². The zero-order chi connectivity index (χ0) is 18.1. The average Bonchev–Trinajstić information content (AvgIpc) is 2.62. The number of nitrogens with one attached hydrogen (secondary N) is 3. The number of carbonyl (C=O) groups is 2. The SMILES string of the molecule is COC(=O)Nc1cccc(NC(=O)NCCc2ccccc2OC)c1. The highest BCUT2D eigenvalue weighted by atomic mass is 16.5. The van der Waals surface area contributed by atoms with Gasteiger partial charge in [-0.1, -0.05) is 24.3 Å². The van der Waals surface area contributed by atoms with Crippen molar-refractivity contribution in [2.45, 2.75) is 6.42 Å². The molecule has 0 heterocycles. The first-order chi connectivity index (χ1) is 12.1. The van der Waals surface area contributed by atoms with E-state index >= 15 is 0 Å². The Kier molecular flexibility index (Phi) is 6.65. The van der Waals surface area contributed by atoms with E-state index in [0.29, 0.717) is 24.3 Å². The molecule has 2 rings (SSSR count). The normalized spacial score (nSPS) is 9.84. The van der Waals surface area contributed by atoms with Crippen LogP contribution in [0.3, 0.4) is 0 Å². The van der Waals surface area contributed by atoms with Crippen molar-refractivity contribution < 1.29 is 19.1 Å². The van der Waals surface area contributed by atoms with E-state index in [0.717, 1.165) is 11.3 Å². The number of amides is 3. The largest absolute Gasteiger partial charge is 0.496 e. The molecule has 0 fully saturated rings. The number of para-hydroxylation sites is 1. The molecule has 0 aliphatic heterocycles. The summed E-state index contributed by atoms with van der Waals surface area (Å²) < 4.78 is 9.81. The van der Waals surface area contributed by atoms with Gasteiger partial charge in [-0.05, 0) is 36.2 Å². The number of methoxy groups -OCH3 is 2. The summed E-state index contributed by atoms with van der Waals surface area (Å²) in [4.78, 5) is 23.2. The third-order valence-electron chi connectivity index (χ3n) is 3.42. The highest BCUT2D eigenvalue weighted by molar-refractivity contribution is 5.91. The van der Waals surface area contributed by atoms with Crippen molar-refractivity contribution in [2.75, 3.05) is 31.4 Å². The van der Waals surface area contributed by atoms with Gasteiger partial charge in [-0.15, -0.1) is 0 Å². The molecule has 0 spiro atoms. The van der Waals surface area contributed by atoms with E-state index in [2.05, 4.69) is 20.7 Å². The molecule has 3 N–H and O–H groups in total. The molecule has 0 aromatic heterocycles. The maximum atomic E-state index is 12.0. The van der Waals surface area contributed by atoms with Crippen LogP contribution in [0.25, 0.3) is 0 Å². The van der Waals surface area contributed by atoms with Crippen LogP contribution in [0.1, 0.15) is 5.56 Å². The fraction of sp³-hybridized carbons (Fsp3) is 0.222. The molecule has 2 aromatic carbocycles. The topological polar surface area (TPSA) is 88.7 Å². The first-order valence-electron chi connectivity index (χ1n) is 7.74. The van der Waals surface area contributed by atoms with Gasteiger partial charge >= 0.3 is 12.1 Å². The number of anilines is 2. The standard InChI is InChI=1S/C18H21N3O4/c1-24-16-9-4-3-6-13(16)10-11-19-17(22)20-14-7-5-8-15(12-14)21-18(23)25-2/h3-9,12H,10-11H2,1-2H3,(H,21,23)(H2,19,20,22). The van der Waals surface area contributed by atoms with Gasteiger partial charge in [0, 0.05) is 17.9 Å². The van der Waals surface area contributed by atoms with Crippen LogP contribution >= 0.6 is 0 Å². The number of rotatable bonds is 6. The van der Waals surface area contributed by atoms with Crippen LogP contribution in [0.4, 0.5) is 21.0 Å². The Morgan fingerprint density at radius 1 is 0.960 bits per heavy atom. The van der Waals surface area contributed by atoms with Crippen molar-refractivity contribution in [1.29, 1.82) is 0 Å². The zero-order valence-electron chi connectivity index (χ0n) is 14.2. The van der Waals surface area contributed by atoms with Crippen LogP contribution in [0.5, 0.6) is 5.75 Å². The molecule has 0 unspecified atom stereocenters. The van der Waals surface area contributed by atoms with E-state index in [4.69, 9.17) is 4.74 Å². The monoisotopic (exact) mass is 343 g/mol. The van der Waals surface area contributed by atoms with E-state index in [9.17, 15) is 9.59 Å². The lowest BCUT2D eigenvalue weighted by Gasteiger charge is -2.11. The number of ether oxygens (including phenoxy) is 2. The Morgan fingerprint density at radius 2 is 1.68 bits per heavy atom. The fourth-order valence-corrected chi connectivity index (χ4v) is 2.24. The number of urea groups is 1. The van der Waals surface area contributed by atoms with Gasteiger partial charge in [-0.2, -0.15) is 0 Å². The van der Waals surface area contributed by atoms with E-state index in [1.54, 1.807) is 31.4 Å². The quantitative estimate of drug-likeness (QED) is 0.751. The Balaban J connectivity index is 1.84. The van der Waals surface area contributed by atoms with E-state index in [-0.39, 0.29) is 6.03 Å². The van der Waals surface area contributed by atoms with Gasteiger partial charge in [-0.3, -0.25) is 5.32 Å². The summed E-state index contributed by atoms with van der Waals surface area (Å²) in [6.07, 6.45) is 0.0832. The summed E-state index contributed by atoms with van der Waals surface area (Å²) in [7, 11) is 2.90. The molecule has 0 saturated heterocycles. The van der Waals surface area contributed by atoms with Crippen molar-refractivity contribution >= 4 is 23.5 Å². The number of benzene rings is 2. The summed E-state index contributed by atoms with van der Waals surface area (Å²) in [5.74, 6) is 0.797. The Morgan fingerprint density at radius 3 is 2.40 bits per heavy atom. The lowest BCUT2D eigenvalue weighted by molar-refractivity contribution is 0.187. The third kappa shape index (κ3) is 5.72. The molecular weight excluding hydrogens is 322 g/mol. The van der Waals surface area contributed by atoms with Gasteiger partial charge < -0.3 is 20.1 Å². The minimum atomic E-state index is -0.571. The average molecular weight is 343 g/mol. The van der Waals surface area contributed by atoms with Crippen LogP contribution < -0.4 is 20.7 Å². The maximum Gasteiger partial charge on any atom is 0.411 e. The first-order valence-corrected chi connectivity index (χ1v) is 7.74. The molecule has 132 valence electrons. The van der Waals surface area contributed by atoms with Gasteiger partial charge in [0.05, 0.1) is 14.2 Å². The van der Waals surface area contributed by atoms with Crippen molar-refractivity contribution in [3.05, 3.63) is 54.1 Å². The second-order valence-corrected chi connectivity index (χ2v) is 5.14. The van der Waals surface area contributed by atoms with Crippen LogP contribution in [0.2, 0.25) is 0 Å². The Bertz CT molecular complexity index is 734. The molecule has 25 heavy (non-hydrogen) atoms. The van der Waals surface area contributed by atoms with Crippen molar-refractivity contribution in [3.8, 4) is 5.75 Å². The highest BCUT2D eigenvalue weighted by Crippen LogP contribution is 2.17. The molecule has 7 nitrogen and oxygen atoms in total. The summed E-state index contributed by atoms with van der Waals surface area (Å²) in [5.41, 5.74) is 2.11. The molecule has 0 aliphatic carbocycles. The number of hydrogen-bond acceptors (Lipinski definition) is 4. The van der Waals surface area contributed by atoms with Gasteiger partial charge in [0.15, 0.2) is 0 Å². The van der Waals surface area contributed by atoms with Crippen LogP contribution in [0.15, 0.2) is 48.5 Å². The lowest BCUT2D eigenvalue weighted by Crippen LogP contribution is -2.30. The molecule has 2 aromatic rings. The highest BCUT2D eigenvalue weighted by Gasteiger charge is 2.06. The van der Waals surface area contributed by atoms with Crippen LogP contribution in [0, 0.1) is 0 Å². The molecule has 0 radical (unpaired) electrons. The summed E-state index contributed by atoms with van der Waals surface area (Å²) in [5, 5.41) is 8.04. The molecular formula is C18H21N3O4. The Labute approximate surface area is 146 Å². The second kappa shape index (κ2) is 9.17. The molecule has 3 amide bonds. The van der Waals surface area contributed by atoms with Crippen LogP contribution in [-0.2, 0) is 11.2 Å². The minimum Gasteiger partial charge on any atom is -0.496 e. The first kappa shape index (κ1) is 18.1. The van der Waals surface area contributed by atoms with Gasteiger partial charge in [0.1, 0.15) is 5.75 Å². The number of carbonyl (C=O) groups excluding carboxylic acids is 2. The molecule has 0 bridgehead atoms. The predicted octanol–water partition coefficient (Wildman–Crippen LogP) is 3.24. The molecule has 0 atom stereocenters. The third-order valence-corrected chi connectivity index (χ3v) is 3.42. The number of hydrogen-bond donors (Lipinski definition) is 3. The Hall–Kier alpha value is -3.22. The summed E-state index contributed by atoms with van der Waals surface area (Å²) in [6, 6.07) is 14.1. The predicted molar refractivity (Wildman–Crippen MR) is 96.2 cm³/mol. The maximum absolute atomic E-state index is 12.0. The molecule has 0 saturated carbocycles. The van der Waals surface area contributed by atoms with E-state index in [1.807, 2.05) is 24.3 Å². The molecule has 7 heteroatoms. The van der Waals surface area contributed by atoms with Crippen molar-refractivity contribution in [3.63, 3.8) is 0 Å². The molecule has 0 aliphatic rings. The van der Waals surface area contributed by atoms with Gasteiger partial charge in [0.2, 0.25) is 0 Å². The minimum absolute atomic E-state index is 0.329. The summed E-state index contributed by atoms with van der Waals surface area (Å²) in [6.45, 7) is 0.465. The second-order valence-electron chi connectivity index (χ2n) is 5.14.